The molecule has 0 bridgehead atoms. The van der Waals surface area contributed by atoms with Crippen molar-refractivity contribution in [1.29, 1.82) is 0 Å². The van der Waals surface area contributed by atoms with Crippen LogP contribution in [0.15, 0.2) is 48.5 Å². The van der Waals surface area contributed by atoms with Gasteiger partial charge < -0.3 is 24.4 Å². The zero-order valence-corrected chi connectivity index (χ0v) is 14.6. The smallest absolute Gasteiger partial charge is 0.328 e. The number of phenolic OH excluding ortho intramolecular Hbond substituents is 1. The molecular weight excluding hydrogens is 340 g/mol. The molecule has 0 atom stereocenters. The van der Waals surface area contributed by atoms with E-state index in [4.69, 9.17) is 24.4 Å². The van der Waals surface area contributed by atoms with Crippen LogP contribution in [0.5, 0.6) is 23.0 Å². The van der Waals surface area contributed by atoms with Crippen molar-refractivity contribution in [3.05, 3.63) is 54.1 Å². The van der Waals surface area contributed by atoms with Crippen LogP contribution in [-0.4, -0.2) is 36.4 Å². The summed E-state index contributed by atoms with van der Waals surface area (Å²) in [7, 11) is 3.08. The summed E-state index contributed by atoms with van der Waals surface area (Å²) in [4.78, 5) is 20.7. The van der Waals surface area contributed by atoms with E-state index in [1.807, 2.05) is 0 Å². The monoisotopic (exact) mass is 360 g/mol. The number of methoxy groups -OCH3 is 2. The highest BCUT2D eigenvalue weighted by Crippen LogP contribution is 2.27. The number of phenols is 1. The molecule has 0 saturated heterocycles. The zero-order chi connectivity index (χ0) is 19.5. The lowest BCUT2D eigenvalue weighted by Gasteiger charge is -2.07. The first-order valence-corrected chi connectivity index (χ1v) is 7.46. The Morgan fingerprint density at radius 2 is 1.58 bits per heavy atom. The van der Waals surface area contributed by atoms with Crippen molar-refractivity contribution in [2.45, 2.75) is 6.92 Å². The molecule has 0 unspecified atom stereocenters. The molecule has 0 radical (unpaired) electrons. The minimum Gasteiger partial charge on any atom is -0.508 e. The van der Waals surface area contributed by atoms with E-state index in [0.29, 0.717) is 17.2 Å². The molecule has 7 nitrogen and oxygen atoms in total. The predicted octanol–water partition coefficient (Wildman–Crippen LogP) is 3.12. The average molecular weight is 360 g/mol. The largest absolute Gasteiger partial charge is 0.508 e. The van der Waals surface area contributed by atoms with Gasteiger partial charge in [0.1, 0.15) is 11.5 Å². The van der Waals surface area contributed by atoms with Gasteiger partial charge in [-0.3, -0.25) is 4.79 Å². The number of benzene rings is 2. The van der Waals surface area contributed by atoms with E-state index >= 15 is 0 Å². The molecule has 7 heteroatoms. The Bertz CT molecular complexity index is 764. The number of hydrogen-bond donors (Lipinski definition) is 2. The van der Waals surface area contributed by atoms with Crippen LogP contribution in [0.2, 0.25) is 0 Å². The number of ether oxygens (including phenoxy) is 3. The maximum atomic E-state index is 10.4. The number of carboxylic acids is 1. The van der Waals surface area contributed by atoms with Gasteiger partial charge in [-0.15, -0.1) is 0 Å². The number of carboxylic acid groups (broad SMARTS) is 1. The summed E-state index contributed by atoms with van der Waals surface area (Å²) in [6.07, 6.45) is 2.56. The zero-order valence-electron chi connectivity index (χ0n) is 14.6. The predicted molar refractivity (Wildman–Crippen MR) is 95.6 cm³/mol. The van der Waals surface area contributed by atoms with Gasteiger partial charge in [0.15, 0.2) is 11.5 Å². The van der Waals surface area contributed by atoms with Crippen LogP contribution in [-0.2, 0) is 9.59 Å². The van der Waals surface area contributed by atoms with Gasteiger partial charge in [0.25, 0.3) is 0 Å². The maximum Gasteiger partial charge on any atom is 0.328 e. The Hall–Kier alpha value is -3.48. The SMILES string of the molecule is CC(=O)Oc1ccc(O)cc1.COc1ccc(C=CC(=O)O)cc1OC. The normalized spacial score (nSPS) is 9.81. The van der Waals surface area contributed by atoms with Gasteiger partial charge >= 0.3 is 11.9 Å². The van der Waals surface area contributed by atoms with E-state index in [2.05, 4.69) is 0 Å². The lowest BCUT2D eigenvalue weighted by atomic mass is 10.2. The summed E-state index contributed by atoms with van der Waals surface area (Å²) in [5.41, 5.74) is 0.745. The summed E-state index contributed by atoms with van der Waals surface area (Å²) in [6.45, 7) is 1.33. The Morgan fingerprint density at radius 1 is 0.962 bits per heavy atom. The second-order valence-electron chi connectivity index (χ2n) is 4.87. The van der Waals surface area contributed by atoms with Crippen molar-refractivity contribution in [3.63, 3.8) is 0 Å². The molecule has 2 aromatic carbocycles. The van der Waals surface area contributed by atoms with Gasteiger partial charge in [0, 0.05) is 13.0 Å². The Morgan fingerprint density at radius 3 is 2.08 bits per heavy atom. The molecule has 138 valence electrons. The fraction of sp³-hybridized carbons (Fsp3) is 0.158. The maximum absolute atomic E-state index is 10.4. The summed E-state index contributed by atoms with van der Waals surface area (Å²) in [5, 5.41) is 17.3. The topological polar surface area (TPSA) is 102 Å². The molecule has 0 aromatic heterocycles. The number of esters is 1. The Balaban J connectivity index is 0.000000273. The number of aliphatic carboxylic acids is 1. The number of rotatable bonds is 5. The van der Waals surface area contributed by atoms with E-state index in [9.17, 15) is 9.59 Å². The van der Waals surface area contributed by atoms with Gasteiger partial charge in [-0.2, -0.15) is 0 Å². The molecule has 0 heterocycles. The van der Waals surface area contributed by atoms with Crippen molar-refractivity contribution >= 4 is 18.0 Å². The van der Waals surface area contributed by atoms with Gasteiger partial charge in [-0.05, 0) is 48.0 Å². The number of carbonyl (C=O) groups is 2. The van der Waals surface area contributed by atoms with Crippen LogP contribution in [0.3, 0.4) is 0 Å². The third-order valence-electron chi connectivity index (χ3n) is 2.92. The van der Waals surface area contributed by atoms with Gasteiger partial charge in [-0.25, -0.2) is 4.79 Å². The lowest BCUT2D eigenvalue weighted by molar-refractivity contribution is -0.132. The molecule has 0 saturated carbocycles. The molecule has 0 spiro atoms. The highest BCUT2D eigenvalue weighted by Gasteiger charge is 2.02. The fourth-order valence-electron chi connectivity index (χ4n) is 1.80. The van der Waals surface area contributed by atoms with Crippen molar-refractivity contribution < 1.29 is 34.0 Å². The van der Waals surface area contributed by atoms with Crippen molar-refractivity contribution in [1.82, 2.24) is 0 Å². The van der Waals surface area contributed by atoms with Crippen LogP contribution < -0.4 is 14.2 Å². The van der Waals surface area contributed by atoms with Crippen molar-refractivity contribution in [2.75, 3.05) is 14.2 Å². The second kappa shape index (κ2) is 10.4. The molecule has 0 amide bonds. The van der Waals surface area contributed by atoms with Crippen LogP contribution in [0.1, 0.15) is 12.5 Å². The molecule has 0 fully saturated rings. The van der Waals surface area contributed by atoms with Gasteiger partial charge in [0.2, 0.25) is 0 Å². The minimum atomic E-state index is -0.982. The number of carbonyl (C=O) groups excluding carboxylic acids is 1. The van der Waals surface area contributed by atoms with Crippen molar-refractivity contribution in [2.24, 2.45) is 0 Å². The molecule has 2 N–H and O–H groups in total. The highest BCUT2D eigenvalue weighted by molar-refractivity contribution is 5.85. The first-order chi connectivity index (χ1) is 12.3. The van der Waals surface area contributed by atoms with E-state index < -0.39 is 5.97 Å². The quantitative estimate of drug-likeness (QED) is 0.480. The third kappa shape index (κ3) is 7.39. The number of hydrogen-bond acceptors (Lipinski definition) is 6. The van der Waals surface area contributed by atoms with Crippen LogP contribution in [0.4, 0.5) is 0 Å². The Labute approximate surface area is 151 Å². The molecule has 0 aliphatic heterocycles. The molecule has 0 aliphatic rings. The summed E-state index contributed by atoms with van der Waals surface area (Å²) >= 11 is 0. The van der Waals surface area contributed by atoms with Gasteiger partial charge in [0.05, 0.1) is 14.2 Å². The minimum absolute atomic E-state index is 0.154. The summed E-state index contributed by atoms with van der Waals surface area (Å²) < 4.78 is 14.8. The Kier molecular flexibility index (Phi) is 8.22. The van der Waals surface area contributed by atoms with Gasteiger partial charge in [-0.1, -0.05) is 6.07 Å². The van der Waals surface area contributed by atoms with Crippen LogP contribution in [0, 0.1) is 0 Å². The van der Waals surface area contributed by atoms with Crippen molar-refractivity contribution in [3.8, 4) is 23.0 Å². The second-order valence-corrected chi connectivity index (χ2v) is 4.87. The lowest BCUT2D eigenvalue weighted by Crippen LogP contribution is -2.00. The average Bonchev–Trinajstić information content (AvgIpc) is 2.61. The van der Waals surface area contributed by atoms with E-state index in [0.717, 1.165) is 11.6 Å². The highest BCUT2D eigenvalue weighted by atomic mass is 16.5. The fourth-order valence-corrected chi connectivity index (χ4v) is 1.80. The first-order valence-electron chi connectivity index (χ1n) is 7.46. The van der Waals surface area contributed by atoms with Crippen LogP contribution >= 0.6 is 0 Å². The molecule has 2 rings (SSSR count). The molecule has 26 heavy (non-hydrogen) atoms. The standard InChI is InChI=1S/C11H12O4.C8H8O3/c1-14-9-5-3-8(4-6-11(12)13)7-10(9)15-2;1-6(9)11-8-4-2-7(10)3-5-8/h3-7H,1-2H3,(H,12,13);2-5,10H,1H3. The third-order valence-corrected chi connectivity index (χ3v) is 2.92. The molecular formula is C19H20O7. The summed E-state index contributed by atoms with van der Waals surface area (Å²) in [5.74, 6) is 0.437. The molecule has 2 aromatic rings. The van der Waals surface area contributed by atoms with E-state index in [-0.39, 0.29) is 11.7 Å². The van der Waals surface area contributed by atoms with Crippen LogP contribution in [0.25, 0.3) is 6.08 Å². The molecule has 0 aliphatic carbocycles. The first kappa shape index (κ1) is 20.6. The number of aromatic hydroxyl groups is 1. The van der Waals surface area contributed by atoms with E-state index in [1.165, 1.54) is 44.4 Å². The van der Waals surface area contributed by atoms with E-state index in [1.54, 1.807) is 25.3 Å². The summed E-state index contributed by atoms with van der Waals surface area (Å²) in [6, 6.07) is 11.1.